The van der Waals surface area contributed by atoms with E-state index in [1.54, 1.807) is 12.4 Å². The standard InChI is InChI=1S/C27H31N5O2.C2HF3O2/c1-2-21(33)11-7-4-8-12-24(27-30-18-25(32-27)19-9-5-3-6-10-19)31-26(34)15-20-16-29-23-13-14-28-17-22(20)23;3-2(4,5)1(6)7/h3,5-6,9-10,13-14,16-18,24,29H,2,4,7-8,11-12,15H2,1H3,(H,30,32)(H,31,34);(H,6,7)/t24-;/m0./s1. The molecule has 3 aromatic heterocycles. The summed E-state index contributed by atoms with van der Waals surface area (Å²) >= 11 is 0. The Balaban J connectivity index is 0.000000587. The minimum atomic E-state index is -5.08. The van der Waals surface area contributed by atoms with Gasteiger partial charge in [0.25, 0.3) is 0 Å². The van der Waals surface area contributed by atoms with Crippen LogP contribution in [0.1, 0.15) is 62.9 Å². The normalized spacial score (nSPS) is 11.9. The first-order valence-electron chi connectivity index (χ1n) is 13.2. The summed E-state index contributed by atoms with van der Waals surface area (Å²) in [5.74, 6) is -1.77. The van der Waals surface area contributed by atoms with Crippen molar-refractivity contribution in [1.29, 1.82) is 0 Å². The number of hydrogen-bond donors (Lipinski definition) is 4. The highest BCUT2D eigenvalue weighted by Gasteiger charge is 2.38. The van der Waals surface area contributed by atoms with Crippen LogP contribution < -0.4 is 5.32 Å². The van der Waals surface area contributed by atoms with Gasteiger partial charge in [0.2, 0.25) is 5.91 Å². The number of fused-ring (bicyclic) bond motifs is 1. The number of aliphatic carboxylic acids is 1. The molecule has 12 heteroatoms. The number of nitrogens with one attached hydrogen (secondary N) is 3. The first kappa shape index (κ1) is 31.1. The van der Waals surface area contributed by atoms with Crippen LogP contribution in [-0.4, -0.2) is 48.9 Å². The summed E-state index contributed by atoms with van der Waals surface area (Å²) in [7, 11) is 0. The van der Waals surface area contributed by atoms with Gasteiger partial charge in [-0.2, -0.15) is 13.2 Å². The molecular weight excluding hydrogens is 539 g/mol. The number of benzene rings is 1. The van der Waals surface area contributed by atoms with Crippen molar-refractivity contribution in [2.24, 2.45) is 0 Å². The molecule has 0 fully saturated rings. The average Bonchev–Trinajstić information content (AvgIpc) is 3.60. The second-order valence-electron chi connectivity index (χ2n) is 9.37. The number of carbonyl (C=O) groups excluding carboxylic acids is 2. The molecule has 0 unspecified atom stereocenters. The van der Waals surface area contributed by atoms with Crippen LogP contribution in [0.5, 0.6) is 0 Å². The average molecular weight is 572 g/mol. The van der Waals surface area contributed by atoms with Gasteiger partial charge in [-0.15, -0.1) is 0 Å². The third kappa shape index (κ3) is 9.59. The molecule has 218 valence electrons. The third-order valence-corrected chi connectivity index (χ3v) is 6.35. The van der Waals surface area contributed by atoms with Crippen LogP contribution >= 0.6 is 0 Å². The number of H-pyrrole nitrogens is 2. The molecule has 1 atom stereocenters. The predicted octanol–water partition coefficient (Wildman–Crippen LogP) is 5.92. The van der Waals surface area contributed by atoms with Crippen LogP contribution in [0.3, 0.4) is 0 Å². The highest BCUT2D eigenvalue weighted by Crippen LogP contribution is 2.23. The molecule has 0 saturated heterocycles. The molecule has 0 radical (unpaired) electrons. The van der Waals surface area contributed by atoms with Gasteiger partial charge in [-0.25, -0.2) is 9.78 Å². The third-order valence-electron chi connectivity index (χ3n) is 6.35. The summed E-state index contributed by atoms with van der Waals surface area (Å²) in [4.78, 5) is 48.8. The maximum Gasteiger partial charge on any atom is 0.490 e. The molecular formula is C29H32F3N5O4. The highest BCUT2D eigenvalue weighted by molar-refractivity contribution is 5.88. The number of hydrogen-bond acceptors (Lipinski definition) is 5. The number of imidazole rings is 1. The van der Waals surface area contributed by atoms with Crippen molar-refractivity contribution in [3.63, 3.8) is 0 Å². The molecule has 9 nitrogen and oxygen atoms in total. The number of rotatable bonds is 12. The van der Waals surface area contributed by atoms with Crippen molar-refractivity contribution in [2.75, 3.05) is 0 Å². The summed E-state index contributed by atoms with van der Waals surface area (Å²) in [6.45, 7) is 1.90. The van der Waals surface area contributed by atoms with Crippen LogP contribution in [0.15, 0.2) is 61.2 Å². The fraction of sp³-hybridized carbons (Fsp3) is 0.345. The molecule has 4 N–H and O–H groups in total. The number of unbranched alkanes of at least 4 members (excludes halogenated alkanes) is 2. The first-order chi connectivity index (χ1) is 19.6. The fourth-order valence-electron chi connectivity index (χ4n) is 4.16. The summed E-state index contributed by atoms with van der Waals surface area (Å²) in [5, 5.41) is 11.3. The molecule has 41 heavy (non-hydrogen) atoms. The summed E-state index contributed by atoms with van der Waals surface area (Å²) < 4.78 is 31.7. The van der Waals surface area contributed by atoms with Gasteiger partial charge in [-0.05, 0) is 30.0 Å². The lowest BCUT2D eigenvalue weighted by molar-refractivity contribution is -0.192. The van der Waals surface area contributed by atoms with Crippen molar-refractivity contribution < 1.29 is 32.7 Å². The van der Waals surface area contributed by atoms with Crippen LogP contribution in [0.25, 0.3) is 22.2 Å². The molecule has 0 aliphatic heterocycles. The Labute approximate surface area is 234 Å². The number of carboxylic acids is 1. The monoisotopic (exact) mass is 571 g/mol. The van der Waals surface area contributed by atoms with Gasteiger partial charge in [-0.3, -0.25) is 14.6 Å². The van der Waals surface area contributed by atoms with Gasteiger partial charge in [0.05, 0.1) is 24.4 Å². The molecule has 3 heterocycles. The van der Waals surface area contributed by atoms with Crippen molar-refractivity contribution >= 4 is 28.6 Å². The Morgan fingerprint density at radius 1 is 1.05 bits per heavy atom. The predicted molar refractivity (Wildman–Crippen MR) is 147 cm³/mol. The van der Waals surface area contributed by atoms with Gasteiger partial charge in [0.15, 0.2) is 0 Å². The summed E-state index contributed by atoms with van der Waals surface area (Å²) in [6.07, 6.45) is 7.07. The van der Waals surface area contributed by atoms with Gasteiger partial charge in [-0.1, -0.05) is 50.1 Å². The van der Waals surface area contributed by atoms with E-state index in [1.165, 1.54) is 0 Å². The number of ketones is 1. The zero-order valence-electron chi connectivity index (χ0n) is 22.5. The number of pyridine rings is 1. The van der Waals surface area contributed by atoms with E-state index >= 15 is 0 Å². The molecule has 1 amide bonds. The smallest absolute Gasteiger partial charge is 0.475 e. The summed E-state index contributed by atoms with van der Waals surface area (Å²) in [6, 6.07) is 11.7. The van der Waals surface area contributed by atoms with Crippen LogP contribution in [0.4, 0.5) is 13.2 Å². The Bertz CT molecular complexity index is 1430. The Hall–Kier alpha value is -4.48. The van der Waals surface area contributed by atoms with Gasteiger partial charge < -0.3 is 20.4 Å². The number of amides is 1. The van der Waals surface area contributed by atoms with E-state index < -0.39 is 12.1 Å². The Morgan fingerprint density at radius 3 is 2.46 bits per heavy atom. The minimum absolute atomic E-state index is 0.0615. The van der Waals surface area contributed by atoms with Crippen molar-refractivity contribution in [2.45, 2.75) is 64.1 Å². The molecule has 0 saturated carbocycles. The summed E-state index contributed by atoms with van der Waals surface area (Å²) in [5.41, 5.74) is 3.86. The lowest BCUT2D eigenvalue weighted by atomic mass is 10.0. The number of aromatic amines is 2. The molecule has 0 aliphatic rings. The maximum absolute atomic E-state index is 13.0. The van der Waals surface area contributed by atoms with E-state index in [4.69, 9.17) is 9.90 Å². The van der Waals surface area contributed by atoms with E-state index in [9.17, 15) is 22.8 Å². The zero-order chi connectivity index (χ0) is 29.8. The second-order valence-corrected chi connectivity index (χ2v) is 9.37. The van der Waals surface area contributed by atoms with Crippen LogP contribution in [0, 0.1) is 0 Å². The first-order valence-corrected chi connectivity index (χ1v) is 13.2. The Morgan fingerprint density at radius 2 is 1.78 bits per heavy atom. The zero-order valence-corrected chi connectivity index (χ0v) is 22.5. The minimum Gasteiger partial charge on any atom is -0.475 e. The largest absolute Gasteiger partial charge is 0.490 e. The van der Waals surface area contributed by atoms with E-state index in [1.807, 2.05) is 55.7 Å². The van der Waals surface area contributed by atoms with Crippen LogP contribution in [0.2, 0.25) is 0 Å². The van der Waals surface area contributed by atoms with Crippen molar-refractivity contribution in [3.8, 4) is 11.3 Å². The molecule has 0 bridgehead atoms. The van der Waals surface area contributed by atoms with E-state index in [0.29, 0.717) is 18.6 Å². The van der Waals surface area contributed by atoms with E-state index in [-0.39, 0.29) is 18.4 Å². The number of carboxylic acid groups (broad SMARTS) is 1. The quantitative estimate of drug-likeness (QED) is 0.156. The molecule has 4 aromatic rings. The number of carbonyl (C=O) groups is 3. The molecule has 0 aliphatic carbocycles. The highest BCUT2D eigenvalue weighted by atomic mass is 19.4. The maximum atomic E-state index is 13.0. The Kier molecular flexibility index (Phi) is 11.2. The van der Waals surface area contributed by atoms with E-state index in [2.05, 4.69) is 25.3 Å². The number of alkyl halides is 3. The lowest BCUT2D eigenvalue weighted by Gasteiger charge is -2.17. The molecule has 1 aromatic carbocycles. The number of nitrogens with zero attached hydrogens (tertiary/aromatic N) is 2. The topological polar surface area (TPSA) is 141 Å². The SMILES string of the molecule is CCC(=O)CCCCC[C@H](NC(=O)Cc1c[nH]c2ccncc12)c1ncc(-c2ccccc2)[nH]1.O=C(O)C(F)(F)F. The fourth-order valence-corrected chi connectivity index (χ4v) is 4.16. The number of aromatic nitrogens is 4. The molecule has 4 rings (SSSR count). The number of halogens is 3. The molecule has 0 spiro atoms. The van der Waals surface area contributed by atoms with Crippen LogP contribution in [-0.2, 0) is 20.8 Å². The lowest BCUT2D eigenvalue weighted by Crippen LogP contribution is -2.30. The van der Waals surface area contributed by atoms with E-state index in [0.717, 1.165) is 59.2 Å². The van der Waals surface area contributed by atoms with Crippen molar-refractivity contribution in [1.82, 2.24) is 25.3 Å². The number of Topliss-reactive ketones (excluding diaryl/α,β-unsaturated/α-hetero) is 1. The van der Waals surface area contributed by atoms with Gasteiger partial charge in [0.1, 0.15) is 11.6 Å². The van der Waals surface area contributed by atoms with Gasteiger partial charge >= 0.3 is 12.1 Å². The second kappa shape index (κ2) is 14.8. The van der Waals surface area contributed by atoms with Crippen molar-refractivity contribution in [3.05, 3.63) is 72.6 Å². The van der Waals surface area contributed by atoms with Gasteiger partial charge in [0, 0.05) is 42.3 Å².